The molecule has 4 heteroatoms. The molecule has 2 aliphatic heterocycles. The van der Waals surface area contributed by atoms with Crippen molar-refractivity contribution in [1.82, 2.24) is 5.32 Å². The highest BCUT2D eigenvalue weighted by Gasteiger charge is 2.20. The predicted molar refractivity (Wildman–Crippen MR) is 81.0 cm³/mol. The third-order valence-electron chi connectivity index (χ3n) is 4.07. The lowest BCUT2D eigenvalue weighted by atomic mass is 10.0. The average Bonchev–Trinajstić information content (AvgIpc) is 2.53. The summed E-state index contributed by atoms with van der Waals surface area (Å²) in [6.07, 6.45) is 3.64. The quantitative estimate of drug-likeness (QED) is 0.916. The van der Waals surface area contributed by atoms with Gasteiger partial charge in [0, 0.05) is 30.9 Å². The van der Waals surface area contributed by atoms with Crippen LogP contribution < -0.4 is 19.7 Å². The second-order valence-electron chi connectivity index (χ2n) is 5.54. The van der Waals surface area contributed by atoms with E-state index in [-0.39, 0.29) is 0 Å². The fourth-order valence-corrected chi connectivity index (χ4v) is 2.92. The zero-order valence-electron chi connectivity index (χ0n) is 12.2. The van der Waals surface area contributed by atoms with Crippen molar-refractivity contribution in [2.75, 3.05) is 37.7 Å². The Labute approximate surface area is 121 Å². The third kappa shape index (κ3) is 3.01. The minimum Gasteiger partial charge on any atom is -0.486 e. The molecular weight excluding hydrogens is 252 g/mol. The second kappa shape index (κ2) is 6.35. The number of hydrogen-bond acceptors (Lipinski definition) is 4. The van der Waals surface area contributed by atoms with Gasteiger partial charge < -0.3 is 19.7 Å². The number of ether oxygens (including phenoxy) is 2. The van der Waals surface area contributed by atoms with Gasteiger partial charge in [-0.1, -0.05) is 6.92 Å². The summed E-state index contributed by atoms with van der Waals surface area (Å²) in [7, 11) is 0. The molecule has 0 amide bonds. The van der Waals surface area contributed by atoms with E-state index in [1.165, 1.54) is 24.9 Å². The Morgan fingerprint density at radius 3 is 2.65 bits per heavy atom. The number of nitrogens with one attached hydrogen (secondary N) is 1. The Morgan fingerprint density at radius 2 is 1.90 bits per heavy atom. The van der Waals surface area contributed by atoms with Crippen LogP contribution in [0.5, 0.6) is 11.5 Å². The van der Waals surface area contributed by atoms with Gasteiger partial charge in [0.1, 0.15) is 13.2 Å². The molecule has 4 nitrogen and oxygen atoms in total. The number of piperidine rings is 1. The Bertz CT molecular complexity index is 442. The fraction of sp³-hybridized carbons (Fsp3) is 0.625. The molecule has 20 heavy (non-hydrogen) atoms. The molecule has 1 N–H and O–H groups in total. The van der Waals surface area contributed by atoms with E-state index < -0.39 is 0 Å². The van der Waals surface area contributed by atoms with Gasteiger partial charge in [-0.2, -0.15) is 0 Å². The zero-order chi connectivity index (χ0) is 13.8. The number of anilines is 1. The maximum absolute atomic E-state index is 5.67. The molecule has 0 aromatic heterocycles. The van der Waals surface area contributed by atoms with E-state index in [2.05, 4.69) is 29.3 Å². The lowest BCUT2D eigenvalue weighted by Gasteiger charge is -2.34. The van der Waals surface area contributed by atoms with Gasteiger partial charge >= 0.3 is 0 Å². The summed E-state index contributed by atoms with van der Waals surface area (Å²) in [5.74, 6) is 1.76. The molecular formula is C16H24N2O2. The van der Waals surface area contributed by atoms with Crippen LogP contribution in [-0.4, -0.2) is 38.9 Å². The Morgan fingerprint density at radius 1 is 1.15 bits per heavy atom. The molecule has 0 spiro atoms. The predicted octanol–water partition coefficient (Wildman–Crippen LogP) is 2.43. The number of fused-ring (bicyclic) bond motifs is 1. The van der Waals surface area contributed by atoms with E-state index in [0.29, 0.717) is 19.3 Å². The maximum Gasteiger partial charge on any atom is 0.163 e. The van der Waals surface area contributed by atoms with Crippen molar-refractivity contribution in [3.05, 3.63) is 18.2 Å². The SMILES string of the molecule is CCCNC1CCN(c2ccc3c(c2)OCCO3)CC1. The largest absolute Gasteiger partial charge is 0.486 e. The van der Waals surface area contributed by atoms with Gasteiger partial charge in [-0.15, -0.1) is 0 Å². The Kier molecular flexibility index (Phi) is 4.31. The third-order valence-corrected chi connectivity index (χ3v) is 4.07. The molecule has 0 saturated carbocycles. The highest BCUT2D eigenvalue weighted by atomic mass is 16.6. The van der Waals surface area contributed by atoms with Crippen molar-refractivity contribution >= 4 is 5.69 Å². The van der Waals surface area contributed by atoms with Crippen molar-refractivity contribution in [2.45, 2.75) is 32.2 Å². The Balaban J connectivity index is 1.60. The van der Waals surface area contributed by atoms with Crippen molar-refractivity contribution in [1.29, 1.82) is 0 Å². The zero-order valence-corrected chi connectivity index (χ0v) is 12.2. The molecule has 1 aromatic carbocycles. The topological polar surface area (TPSA) is 33.7 Å². The van der Waals surface area contributed by atoms with Crippen LogP contribution >= 0.6 is 0 Å². The highest BCUT2D eigenvalue weighted by Crippen LogP contribution is 2.34. The van der Waals surface area contributed by atoms with Gasteiger partial charge in [-0.25, -0.2) is 0 Å². The van der Waals surface area contributed by atoms with Crippen LogP contribution in [0.3, 0.4) is 0 Å². The summed E-state index contributed by atoms with van der Waals surface area (Å²) >= 11 is 0. The summed E-state index contributed by atoms with van der Waals surface area (Å²) in [4.78, 5) is 2.45. The van der Waals surface area contributed by atoms with Gasteiger partial charge in [0.2, 0.25) is 0 Å². The molecule has 1 fully saturated rings. The van der Waals surface area contributed by atoms with E-state index in [0.717, 1.165) is 31.1 Å². The summed E-state index contributed by atoms with van der Waals surface area (Å²) in [6, 6.07) is 6.98. The van der Waals surface area contributed by atoms with Crippen LogP contribution in [0.4, 0.5) is 5.69 Å². The molecule has 1 aromatic rings. The minimum absolute atomic E-state index is 0.652. The molecule has 1 saturated heterocycles. The molecule has 110 valence electrons. The monoisotopic (exact) mass is 276 g/mol. The van der Waals surface area contributed by atoms with Gasteiger partial charge in [-0.3, -0.25) is 0 Å². The van der Waals surface area contributed by atoms with Crippen molar-refractivity contribution in [2.24, 2.45) is 0 Å². The second-order valence-corrected chi connectivity index (χ2v) is 5.54. The lowest BCUT2D eigenvalue weighted by Crippen LogP contribution is -2.42. The molecule has 0 atom stereocenters. The van der Waals surface area contributed by atoms with Crippen LogP contribution in [0.25, 0.3) is 0 Å². The van der Waals surface area contributed by atoms with E-state index in [1.807, 2.05) is 6.07 Å². The summed E-state index contributed by atoms with van der Waals surface area (Å²) < 4.78 is 11.2. The first-order valence-electron chi connectivity index (χ1n) is 7.75. The van der Waals surface area contributed by atoms with Gasteiger partial charge in [0.05, 0.1) is 0 Å². The first kappa shape index (κ1) is 13.6. The van der Waals surface area contributed by atoms with E-state index in [9.17, 15) is 0 Å². The summed E-state index contributed by atoms with van der Waals surface area (Å²) in [5, 5.41) is 3.62. The van der Waals surface area contributed by atoms with Crippen LogP contribution in [0.1, 0.15) is 26.2 Å². The average molecular weight is 276 g/mol. The molecule has 3 rings (SSSR count). The first-order chi connectivity index (χ1) is 9.86. The van der Waals surface area contributed by atoms with Crippen LogP contribution in [0, 0.1) is 0 Å². The molecule has 2 aliphatic rings. The van der Waals surface area contributed by atoms with E-state index >= 15 is 0 Å². The molecule has 2 heterocycles. The van der Waals surface area contributed by atoms with E-state index in [1.54, 1.807) is 0 Å². The van der Waals surface area contributed by atoms with E-state index in [4.69, 9.17) is 9.47 Å². The van der Waals surface area contributed by atoms with Crippen molar-refractivity contribution in [3.63, 3.8) is 0 Å². The van der Waals surface area contributed by atoms with Crippen LogP contribution in [0.2, 0.25) is 0 Å². The fourth-order valence-electron chi connectivity index (χ4n) is 2.92. The highest BCUT2D eigenvalue weighted by molar-refractivity contribution is 5.57. The number of nitrogens with zero attached hydrogens (tertiary/aromatic N) is 1. The normalized spacial score (nSPS) is 19.1. The molecule has 0 aliphatic carbocycles. The summed E-state index contributed by atoms with van der Waals surface area (Å²) in [6.45, 7) is 6.88. The molecule has 0 radical (unpaired) electrons. The van der Waals surface area contributed by atoms with Crippen molar-refractivity contribution < 1.29 is 9.47 Å². The van der Waals surface area contributed by atoms with Gasteiger partial charge in [-0.05, 0) is 37.9 Å². The first-order valence-corrected chi connectivity index (χ1v) is 7.75. The lowest BCUT2D eigenvalue weighted by molar-refractivity contribution is 0.171. The van der Waals surface area contributed by atoms with Crippen LogP contribution in [0.15, 0.2) is 18.2 Å². The van der Waals surface area contributed by atoms with Crippen LogP contribution in [-0.2, 0) is 0 Å². The van der Waals surface area contributed by atoms with Crippen molar-refractivity contribution in [3.8, 4) is 11.5 Å². The molecule has 0 bridgehead atoms. The Hall–Kier alpha value is -1.42. The summed E-state index contributed by atoms with van der Waals surface area (Å²) in [5.41, 5.74) is 1.25. The smallest absolute Gasteiger partial charge is 0.163 e. The van der Waals surface area contributed by atoms with Gasteiger partial charge in [0.25, 0.3) is 0 Å². The number of hydrogen-bond donors (Lipinski definition) is 1. The maximum atomic E-state index is 5.67. The van der Waals surface area contributed by atoms with Gasteiger partial charge in [0.15, 0.2) is 11.5 Å². The standard InChI is InChI=1S/C16H24N2O2/c1-2-7-17-13-5-8-18(9-6-13)14-3-4-15-16(12-14)20-11-10-19-15/h3-4,12-13,17H,2,5-11H2,1H3. The number of rotatable bonds is 4. The molecule has 0 unspecified atom stereocenters. The number of benzene rings is 1. The minimum atomic E-state index is 0.652.